The smallest absolute Gasteiger partial charge is 0.135 e. The van der Waals surface area contributed by atoms with Crippen molar-refractivity contribution in [1.29, 1.82) is 0 Å². The fourth-order valence-electron chi connectivity index (χ4n) is 2.12. The molecule has 1 aliphatic carbocycles. The van der Waals surface area contributed by atoms with Gasteiger partial charge in [0, 0.05) is 12.1 Å². The van der Waals surface area contributed by atoms with E-state index in [9.17, 15) is 8.78 Å². The van der Waals surface area contributed by atoms with Crippen LogP contribution in [-0.2, 0) is 0 Å². The van der Waals surface area contributed by atoms with Crippen LogP contribution < -0.4 is 10.5 Å². The largest absolute Gasteiger partial charge is 0.497 e. The second-order valence-corrected chi connectivity index (χ2v) is 5.26. The number of methoxy groups -OCH3 is 1. The lowest BCUT2D eigenvalue weighted by Gasteiger charge is -2.19. The lowest BCUT2D eigenvalue weighted by Crippen LogP contribution is -2.19. The number of benzene rings is 1. The highest BCUT2D eigenvalue weighted by Gasteiger charge is 2.26. The zero-order valence-corrected chi connectivity index (χ0v) is 12.5. The van der Waals surface area contributed by atoms with Crippen LogP contribution in [0, 0.1) is 0 Å². The van der Waals surface area contributed by atoms with Gasteiger partial charge in [-0.1, -0.05) is 18.2 Å². The highest BCUT2D eigenvalue weighted by atomic mass is 19.1. The third-order valence-electron chi connectivity index (χ3n) is 3.11. The summed E-state index contributed by atoms with van der Waals surface area (Å²) in [6, 6.07) is 7.38. The normalized spacial score (nSPS) is 22.5. The monoisotopic (exact) mass is 304 g/mol. The van der Waals surface area contributed by atoms with Crippen LogP contribution >= 0.6 is 0 Å². The average Bonchev–Trinajstić information content (AvgIpc) is 2.43. The maximum Gasteiger partial charge on any atom is 0.135 e. The number of hydrogen-bond acceptors (Lipinski definition) is 2. The van der Waals surface area contributed by atoms with E-state index in [1.54, 1.807) is 19.3 Å². The molecule has 1 aromatic carbocycles. The molecular weight excluding hydrogens is 286 g/mol. The summed E-state index contributed by atoms with van der Waals surface area (Å²) >= 11 is 0. The summed E-state index contributed by atoms with van der Waals surface area (Å²) < 4.78 is 32.2. The Hall–Kier alpha value is -2.43. The van der Waals surface area contributed by atoms with Gasteiger partial charge in [-0.15, -0.1) is 0 Å². The predicted molar refractivity (Wildman–Crippen MR) is 85.1 cm³/mol. The lowest BCUT2D eigenvalue weighted by molar-refractivity contribution is 0.248. The van der Waals surface area contributed by atoms with E-state index >= 15 is 0 Å². The van der Waals surface area contributed by atoms with Crippen molar-refractivity contribution >= 4 is 11.9 Å². The van der Waals surface area contributed by atoms with Crippen molar-refractivity contribution in [3.63, 3.8) is 0 Å². The molecule has 1 unspecified atom stereocenters. The van der Waals surface area contributed by atoms with E-state index in [2.05, 4.69) is 4.99 Å². The second-order valence-electron chi connectivity index (χ2n) is 5.26. The molecule has 0 fully saturated rings. The molecule has 0 saturated heterocycles. The van der Waals surface area contributed by atoms with Gasteiger partial charge in [-0.05, 0) is 42.8 Å². The van der Waals surface area contributed by atoms with Crippen LogP contribution in [0.5, 0.6) is 5.75 Å². The molecule has 2 N–H and O–H groups in total. The molecule has 22 heavy (non-hydrogen) atoms. The Morgan fingerprint density at radius 1 is 1.36 bits per heavy atom. The molecule has 0 bridgehead atoms. The number of halogens is 2. The minimum absolute atomic E-state index is 0.00248. The fraction of sp³-hybridized carbons (Fsp3) is 0.235. The van der Waals surface area contributed by atoms with Crippen molar-refractivity contribution in [2.75, 3.05) is 7.11 Å². The van der Waals surface area contributed by atoms with E-state index in [0.29, 0.717) is 0 Å². The number of nitrogens with zero attached hydrogens (tertiary/aromatic N) is 1. The maximum atomic E-state index is 13.8. The molecule has 0 spiro atoms. The number of ether oxygens (including phenoxy) is 1. The molecule has 1 aliphatic rings. The van der Waals surface area contributed by atoms with Gasteiger partial charge in [-0.25, -0.2) is 13.8 Å². The Morgan fingerprint density at radius 2 is 2.05 bits per heavy atom. The Morgan fingerprint density at radius 3 is 2.64 bits per heavy atom. The third kappa shape index (κ3) is 4.55. The number of alkyl halides is 1. The third-order valence-corrected chi connectivity index (χ3v) is 3.11. The maximum absolute atomic E-state index is 13.8. The first-order valence-corrected chi connectivity index (χ1v) is 6.82. The topological polar surface area (TPSA) is 47.6 Å². The second kappa shape index (κ2) is 6.56. The average molecular weight is 304 g/mol. The van der Waals surface area contributed by atoms with E-state index in [1.165, 1.54) is 13.0 Å². The van der Waals surface area contributed by atoms with E-state index in [-0.39, 0.29) is 18.0 Å². The summed E-state index contributed by atoms with van der Waals surface area (Å²) in [5.74, 6) is 0.310. The predicted octanol–water partition coefficient (Wildman–Crippen LogP) is 3.93. The molecule has 5 heteroatoms. The van der Waals surface area contributed by atoms with Gasteiger partial charge in [0.05, 0.1) is 7.11 Å². The quantitative estimate of drug-likeness (QED) is 0.676. The van der Waals surface area contributed by atoms with E-state index in [4.69, 9.17) is 10.5 Å². The summed E-state index contributed by atoms with van der Waals surface area (Å²) in [6.07, 6.45) is 5.49. The Bertz CT molecular complexity index is 656. The summed E-state index contributed by atoms with van der Waals surface area (Å²) in [6.45, 7) is 1.30. The molecule has 0 heterocycles. The molecule has 1 aromatic rings. The minimum atomic E-state index is -1.74. The Kier molecular flexibility index (Phi) is 4.75. The van der Waals surface area contributed by atoms with Gasteiger partial charge in [0.25, 0.3) is 0 Å². The first-order valence-electron chi connectivity index (χ1n) is 6.82. The molecule has 0 radical (unpaired) electrons. The van der Waals surface area contributed by atoms with Crippen molar-refractivity contribution < 1.29 is 13.5 Å². The minimum Gasteiger partial charge on any atom is -0.497 e. The van der Waals surface area contributed by atoms with Crippen molar-refractivity contribution in [3.8, 4) is 5.75 Å². The van der Waals surface area contributed by atoms with Gasteiger partial charge in [0.15, 0.2) is 0 Å². The Balaban J connectivity index is 2.09. The number of allylic oxidation sites excluding steroid dienone is 4. The van der Waals surface area contributed by atoms with Crippen LogP contribution in [0.4, 0.5) is 8.78 Å². The Labute approximate surface area is 128 Å². The van der Waals surface area contributed by atoms with Crippen molar-refractivity contribution in [1.82, 2.24) is 0 Å². The van der Waals surface area contributed by atoms with Gasteiger partial charge in [0.2, 0.25) is 0 Å². The van der Waals surface area contributed by atoms with E-state index < -0.39 is 11.5 Å². The van der Waals surface area contributed by atoms with Gasteiger partial charge in [-0.3, -0.25) is 0 Å². The molecular formula is C17H18F2N2O. The molecule has 3 nitrogen and oxygen atoms in total. The van der Waals surface area contributed by atoms with E-state index in [1.807, 2.05) is 24.3 Å². The van der Waals surface area contributed by atoms with Crippen molar-refractivity contribution in [2.45, 2.75) is 19.0 Å². The summed E-state index contributed by atoms with van der Waals surface area (Å²) in [7, 11) is 1.60. The van der Waals surface area contributed by atoms with Crippen molar-refractivity contribution in [2.24, 2.45) is 10.7 Å². The van der Waals surface area contributed by atoms with Gasteiger partial charge in [-0.2, -0.15) is 0 Å². The molecule has 0 aliphatic heterocycles. The summed E-state index contributed by atoms with van der Waals surface area (Å²) in [5.41, 5.74) is 5.23. The van der Waals surface area contributed by atoms with Crippen LogP contribution in [0.2, 0.25) is 0 Å². The fourth-order valence-corrected chi connectivity index (χ4v) is 2.12. The first kappa shape index (κ1) is 15.9. The lowest BCUT2D eigenvalue weighted by atomic mass is 9.97. The number of aliphatic imine (C=N–C) groups is 1. The van der Waals surface area contributed by atoms with Gasteiger partial charge in [0.1, 0.15) is 23.1 Å². The number of amidine groups is 1. The first-order chi connectivity index (χ1) is 10.4. The van der Waals surface area contributed by atoms with Gasteiger partial charge < -0.3 is 10.5 Å². The number of nitrogens with two attached hydrogens (primary N) is 1. The zero-order valence-electron chi connectivity index (χ0n) is 12.5. The molecule has 0 saturated carbocycles. The van der Waals surface area contributed by atoms with Crippen LogP contribution in [0.15, 0.2) is 59.0 Å². The van der Waals surface area contributed by atoms with E-state index in [0.717, 1.165) is 17.4 Å². The van der Waals surface area contributed by atoms with Gasteiger partial charge >= 0.3 is 0 Å². The molecule has 0 aromatic heterocycles. The molecule has 1 atom stereocenters. The van der Waals surface area contributed by atoms with Crippen LogP contribution in [0.25, 0.3) is 6.08 Å². The molecule has 2 rings (SSSR count). The van der Waals surface area contributed by atoms with Crippen LogP contribution in [0.3, 0.4) is 0 Å². The summed E-state index contributed by atoms with van der Waals surface area (Å²) in [5, 5.41) is 0. The summed E-state index contributed by atoms with van der Waals surface area (Å²) in [4.78, 5) is 4.05. The van der Waals surface area contributed by atoms with Crippen LogP contribution in [0.1, 0.15) is 18.9 Å². The zero-order chi connectivity index (χ0) is 16.2. The SMILES string of the molecule is COc1ccc(/C=C/C(N)=NC2=CC(F)=CC(C)(F)C2)cc1. The van der Waals surface area contributed by atoms with Crippen molar-refractivity contribution in [3.05, 3.63) is 59.6 Å². The number of hydrogen-bond donors (Lipinski definition) is 1. The molecule has 0 amide bonds. The van der Waals surface area contributed by atoms with Crippen LogP contribution in [-0.4, -0.2) is 18.6 Å². The number of rotatable bonds is 4. The highest BCUT2D eigenvalue weighted by molar-refractivity contribution is 5.95. The highest BCUT2D eigenvalue weighted by Crippen LogP contribution is 2.30. The standard InChI is InChI=1S/C17H18F2N2O/c1-17(19)10-13(18)9-14(11-17)21-16(20)8-5-12-3-6-15(22-2)7-4-12/h3-10H,11H2,1-2H3,(H2,20,21)/b8-5+. The molecule has 116 valence electrons.